The molecule has 2 N–H and O–H groups in total. The van der Waals surface area contributed by atoms with E-state index in [-0.39, 0.29) is 0 Å². The van der Waals surface area contributed by atoms with Crippen molar-refractivity contribution in [2.75, 3.05) is 12.3 Å². The number of thiazole rings is 1. The number of nitrogen functional groups attached to an aromatic ring is 1. The molecule has 0 aliphatic carbocycles. The molecule has 0 amide bonds. The minimum absolute atomic E-state index is 0.654. The second-order valence-corrected chi connectivity index (χ2v) is 6.77. The summed E-state index contributed by atoms with van der Waals surface area (Å²) in [7, 11) is 0. The number of aromatic nitrogens is 1. The minimum atomic E-state index is 0.654. The van der Waals surface area contributed by atoms with Gasteiger partial charge in [0.1, 0.15) is 0 Å². The molecule has 20 heavy (non-hydrogen) atoms. The molecule has 4 heteroatoms. The topological polar surface area (TPSA) is 42.2 Å². The van der Waals surface area contributed by atoms with Crippen molar-refractivity contribution >= 4 is 16.5 Å². The first-order valence-corrected chi connectivity index (χ1v) is 8.02. The van der Waals surface area contributed by atoms with Gasteiger partial charge in [-0.2, -0.15) is 0 Å². The van der Waals surface area contributed by atoms with E-state index in [1.165, 1.54) is 35.4 Å². The third-order valence-corrected chi connectivity index (χ3v) is 4.83. The number of nitrogens with zero attached hydrogens (tertiary/aromatic N) is 2. The Labute approximate surface area is 124 Å². The van der Waals surface area contributed by atoms with Crippen LogP contribution in [0, 0.1) is 6.92 Å². The summed E-state index contributed by atoms with van der Waals surface area (Å²) in [6.07, 6.45) is 5.66. The number of anilines is 1. The molecular formula is C16H21N3S. The first kappa shape index (κ1) is 13.6. The predicted octanol–water partition coefficient (Wildman–Crippen LogP) is 3.24. The summed E-state index contributed by atoms with van der Waals surface area (Å²) in [5, 5.41) is 0.675. The van der Waals surface area contributed by atoms with Gasteiger partial charge >= 0.3 is 0 Å². The molecule has 1 aromatic carbocycles. The van der Waals surface area contributed by atoms with Crippen LogP contribution in [0.15, 0.2) is 30.5 Å². The number of aryl methyl sites for hydroxylation is 1. The molecule has 1 aliphatic rings. The Kier molecular flexibility index (Phi) is 4.03. The van der Waals surface area contributed by atoms with Gasteiger partial charge in [0.05, 0.1) is 0 Å². The first-order chi connectivity index (χ1) is 9.70. The van der Waals surface area contributed by atoms with Gasteiger partial charge < -0.3 is 5.73 Å². The van der Waals surface area contributed by atoms with E-state index >= 15 is 0 Å². The molecule has 1 aliphatic heterocycles. The van der Waals surface area contributed by atoms with Crippen LogP contribution < -0.4 is 5.73 Å². The van der Waals surface area contributed by atoms with Crippen LogP contribution in [0.3, 0.4) is 0 Å². The fourth-order valence-corrected chi connectivity index (χ4v) is 3.64. The number of nitrogens with two attached hydrogens (primary N) is 1. The fraction of sp³-hybridized carbons (Fsp3) is 0.438. The van der Waals surface area contributed by atoms with Gasteiger partial charge in [0.15, 0.2) is 5.13 Å². The molecule has 1 aromatic heterocycles. The third-order valence-electron chi connectivity index (χ3n) is 4.02. The van der Waals surface area contributed by atoms with Crippen LogP contribution in [0.5, 0.6) is 0 Å². The molecule has 1 unspecified atom stereocenters. The lowest BCUT2D eigenvalue weighted by atomic mass is 10.0. The zero-order valence-electron chi connectivity index (χ0n) is 11.9. The maximum Gasteiger partial charge on any atom is 0.180 e. The van der Waals surface area contributed by atoms with Crippen LogP contribution >= 0.6 is 11.3 Å². The van der Waals surface area contributed by atoms with E-state index < -0.39 is 0 Å². The van der Waals surface area contributed by atoms with Crippen molar-refractivity contribution < 1.29 is 0 Å². The molecule has 0 spiro atoms. The smallest absolute Gasteiger partial charge is 0.180 e. The van der Waals surface area contributed by atoms with Gasteiger partial charge in [-0.3, -0.25) is 4.90 Å². The second kappa shape index (κ2) is 5.94. The van der Waals surface area contributed by atoms with E-state index in [2.05, 4.69) is 41.1 Å². The summed E-state index contributed by atoms with van der Waals surface area (Å²) in [5.74, 6) is 0. The molecular weight excluding hydrogens is 266 g/mol. The predicted molar refractivity (Wildman–Crippen MR) is 84.8 cm³/mol. The molecule has 1 atom stereocenters. The van der Waals surface area contributed by atoms with E-state index in [9.17, 15) is 0 Å². The normalized spacial score (nSPS) is 19.6. The highest BCUT2D eigenvalue weighted by Crippen LogP contribution is 2.25. The molecule has 0 bridgehead atoms. The molecule has 2 heterocycles. The summed E-state index contributed by atoms with van der Waals surface area (Å²) < 4.78 is 0. The Morgan fingerprint density at radius 1 is 1.35 bits per heavy atom. The largest absolute Gasteiger partial charge is 0.375 e. The molecule has 0 radical (unpaired) electrons. The Morgan fingerprint density at radius 2 is 2.15 bits per heavy atom. The van der Waals surface area contributed by atoms with Gasteiger partial charge in [-0.15, -0.1) is 11.3 Å². The van der Waals surface area contributed by atoms with E-state index in [0.717, 1.165) is 13.0 Å². The van der Waals surface area contributed by atoms with Crippen molar-refractivity contribution in [3.05, 3.63) is 46.5 Å². The van der Waals surface area contributed by atoms with Crippen molar-refractivity contribution in [1.29, 1.82) is 0 Å². The number of likely N-dealkylation sites (tertiary alicyclic amines) is 1. The van der Waals surface area contributed by atoms with Crippen LogP contribution in [0.4, 0.5) is 5.13 Å². The molecule has 2 aromatic rings. The second-order valence-electron chi connectivity index (χ2n) is 5.62. The highest BCUT2D eigenvalue weighted by molar-refractivity contribution is 7.15. The fourth-order valence-electron chi connectivity index (χ4n) is 2.93. The molecule has 1 fully saturated rings. The van der Waals surface area contributed by atoms with Crippen LogP contribution in [-0.4, -0.2) is 22.5 Å². The monoisotopic (exact) mass is 287 g/mol. The van der Waals surface area contributed by atoms with Gasteiger partial charge in [-0.1, -0.05) is 29.8 Å². The number of hydrogen-bond donors (Lipinski definition) is 1. The zero-order valence-corrected chi connectivity index (χ0v) is 12.7. The Bertz CT molecular complexity index is 561. The van der Waals surface area contributed by atoms with Gasteiger partial charge in [0.2, 0.25) is 0 Å². The SMILES string of the molecule is Cc1ccc(CC2CCCN2Cc2cnc(N)s2)cc1. The first-order valence-electron chi connectivity index (χ1n) is 7.20. The summed E-state index contributed by atoms with van der Waals surface area (Å²) in [6, 6.07) is 9.59. The van der Waals surface area contributed by atoms with Crippen molar-refractivity contribution in [1.82, 2.24) is 9.88 Å². The maximum atomic E-state index is 5.71. The van der Waals surface area contributed by atoms with Gasteiger partial charge in [0.25, 0.3) is 0 Å². The quantitative estimate of drug-likeness (QED) is 0.938. The van der Waals surface area contributed by atoms with Crippen LogP contribution in [0.25, 0.3) is 0 Å². The van der Waals surface area contributed by atoms with Gasteiger partial charge in [-0.05, 0) is 38.3 Å². The summed E-state index contributed by atoms with van der Waals surface area (Å²) >= 11 is 1.61. The highest BCUT2D eigenvalue weighted by Gasteiger charge is 2.25. The maximum absolute atomic E-state index is 5.71. The van der Waals surface area contributed by atoms with Crippen LogP contribution in [0.1, 0.15) is 28.8 Å². The van der Waals surface area contributed by atoms with Gasteiger partial charge in [0, 0.05) is 23.7 Å². The van der Waals surface area contributed by atoms with E-state index in [1.54, 1.807) is 11.3 Å². The van der Waals surface area contributed by atoms with Crippen LogP contribution in [-0.2, 0) is 13.0 Å². The van der Waals surface area contributed by atoms with Crippen LogP contribution in [0.2, 0.25) is 0 Å². The van der Waals surface area contributed by atoms with Crippen molar-refractivity contribution in [3.63, 3.8) is 0 Å². The molecule has 106 valence electrons. The summed E-state index contributed by atoms with van der Waals surface area (Å²) in [6.45, 7) is 4.32. The standard InChI is InChI=1S/C16H21N3S/c1-12-4-6-13(7-5-12)9-14-3-2-8-19(14)11-15-10-18-16(17)20-15/h4-7,10,14H,2-3,8-9,11H2,1H3,(H2,17,18). The minimum Gasteiger partial charge on any atom is -0.375 e. The lowest BCUT2D eigenvalue weighted by Crippen LogP contribution is -2.30. The van der Waals surface area contributed by atoms with E-state index in [4.69, 9.17) is 5.73 Å². The van der Waals surface area contributed by atoms with E-state index in [0.29, 0.717) is 11.2 Å². The Hall–Kier alpha value is -1.39. The van der Waals surface area contributed by atoms with E-state index in [1.807, 2.05) is 6.20 Å². The van der Waals surface area contributed by atoms with Crippen molar-refractivity contribution in [3.8, 4) is 0 Å². The van der Waals surface area contributed by atoms with Crippen molar-refractivity contribution in [2.45, 2.75) is 38.8 Å². The lowest BCUT2D eigenvalue weighted by molar-refractivity contribution is 0.246. The summed E-state index contributed by atoms with van der Waals surface area (Å²) in [4.78, 5) is 8.00. The zero-order chi connectivity index (χ0) is 13.9. The van der Waals surface area contributed by atoms with Crippen molar-refractivity contribution in [2.24, 2.45) is 0 Å². The molecule has 3 rings (SSSR count). The average Bonchev–Trinajstić information content (AvgIpc) is 3.03. The lowest BCUT2D eigenvalue weighted by Gasteiger charge is -2.23. The number of rotatable bonds is 4. The summed E-state index contributed by atoms with van der Waals surface area (Å²) in [5.41, 5.74) is 8.49. The van der Waals surface area contributed by atoms with Gasteiger partial charge in [-0.25, -0.2) is 4.98 Å². The molecule has 1 saturated heterocycles. The Balaban J connectivity index is 1.64. The highest BCUT2D eigenvalue weighted by atomic mass is 32.1. The molecule has 0 saturated carbocycles. The third kappa shape index (κ3) is 3.19. The number of hydrogen-bond acceptors (Lipinski definition) is 4. The number of benzene rings is 1. The average molecular weight is 287 g/mol. The Morgan fingerprint density at radius 3 is 2.85 bits per heavy atom. The molecule has 3 nitrogen and oxygen atoms in total.